The van der Waals surface area contributed by atoms with Crippen molar-refractivity contribution in [2.75, 3.05) is 29.7 Å². The van der Waals surface area contributed by atoms with Crippen molar-refractivity contribution in [1.82, 2.24) is 0 Å². The van der Waals surface area contributed by atoms with Crippen LogP contribution in [0.15, 0.2) is 18.2 Å². The number of nitrogen functional groups attached to an aromatic ring is 1. The maximum atomic E-state index is 6.02. The van der Waals surface area contributed by atoms with E-state index < -0.39 is 0 Å². The first kappa shape index (κ1) is 11.5. The molecule has 1 saturated heterocycles. The van der Waals surface area contributed by atoms with Gasteiger partial charge in [-0.05, 0) is 36.5 Å². The highest BCUT2D eigenvalue weighted by atomic mass is 32.2. The Balaban J connectivity index is 2.08. The van der Waals surface area contributed by atoms with Gasteiger partial charge in [-0.15, -0.1) is 0 Å². The first-order valence-corrected chi connectivity index (χ1v) is 6.73. The number of rotatable bonds is 3. The summed E-state index contributed by atoms with van der Waals surface area (Å²) in [5, 5.41) is 3.51. The number of anilines is 2. The Morgan fingerprint density at radius 1 is 1.38 bits per heavy atom. The molecule has 0 amide bonds. The van der Waals surface area contributed by atoms with Crippen molar-refractivity contribution in [2.24, 2.45) is 0 Å². The molecule has 0 atom stereocenters. The summed E-state index contributed by atoms with van der Waals surface area (Å²) in [6, 6.07) is 6.42. The van der Waals surface area contributed by atoms with Gasteiger partial charge in [0.15, 0.2) is 0 Å². The molecule has 16 heavy (non-hydrogen) atoms. The first-order valence-electron chi connectivity index (χ1n) is 5.58. The zero-order chi connectivity index (χ0) is 11.4. The fraction of sp³-hybridized carbons (Fsp3) is 0.500. The molecule has 4 heteroatoms. The number of thioether (sulfide) groups is 1. The Labute approximate surface area is 101 Å². The van der Waals surface area contributed by atoms with Crippen LogP contribution < -0.4 is 15.8 Å². The second-order valence-corrected chi connectivity index (χ2v) is 5.18. The number of para-hydroxylation sites is 1. The maximum absolute atomic E-state index is 6.02. The lowest BCUT2D eigenvalue weighted by Gasteiger charge is -2.24. The van der Waals surface area contributed by atoms with E-state index in [1.807, 2.05) is 30.0 Å². The van der Waals surface area contributed by atoms with Crippen LogP contribution in [0.4, 0.5) is 11.4 Å². The lowest BCUT2D eigenvalue weighted by molar-refractivity contribution is 0.417. The summed E-state index contributed by atoms with van der Waals surface area (Å²) >= 11 is 2.03. The summed E-state index contributed by atoms with van der Waals surface area (Å²) in [5.41, 5.74) is 7.73. The summed E-state index contributed by atoms with van der Waals surface area (Å²) in [5.74, 6) is 3.22. The first-order chi connectivity index (χ1) is 7.81. The molecule has 0 aliphatic carbocycles. The fourth-order valence-corrected chi connectivity index (χ4v) is 3.02. The molecule has 3 nitrogen and oxygen atoms in total. The normalized spacial score (nSPS) is 17.1. The number of ether oxygens (including phenoxy) is 1. The lowest BCUT2D eigenvalue weighted by Crippen LogP contribution is -2.24. The van der Waals surface area contributed by atoms with Gasteiger partial charge >= 0.3 is 0 Å². The molecule has 1 aliphatic rings. The van der Waals surface area contributed by atoms with Crippen molar-refractivity contribution >= 4 is 23.1 Å². The number of nitrogens with two attached hydrogens (primary N) is 1. The van der Waals surface area contributed by atoms with E-state index in [2.05, 4.69) is 5.32 Å². The van der Waals surface area contributed by atoms with E-state index in [9.17, 15) is 0 Å². The quantitative estimate of drug-likeness (QED) is 0.795. The molecular formula is C12H18N2OS. The van der Waals surface area contributed by atoms with Crippen molar-refractivity contribution in [2.45, 2.75) is 18.9 Å². The summed E-state index contributed by atoms with van der Waals surface area (Å²) < 4.78 is 5.21. The van der Waals surface area contributed by atoms with Gasteiger partial charge in [-0.25, -0.2) is 0 Å². The van der Waals surface area contributed by atoms with E-state index in [1.54, 1.807) is 7.11 Å². The minimum atomic E-state index is 0.552. The third-order valence-electron chi connectivity index (χ3n) is 2.87. The SMILES string of the molecule is COc1cccc(NC2CCSCC2)c1N. The summed E-state index contributed by atoms with van der Waals surface area (Å²) in [7, 11) is 1.65. The highest BCUT2D eigenvalue weighted by Crippen LogP contribution is 2.31. The molecule has 0 bridgehead atoms. The van der Waals surface area contributed by atoms with Crippen LogP contribution in [-0.2, 0) is 0 Å². The molecule has 2 rings (SSSR count). The topological polar surface area (TPSA) is 47.3 Å². The zero-order valence-corrected chi connectivity index (χ0v) is 10.3. The molecule has 0 aromatic heterocycles. The van der Waals surface area contributed by atoms with Crippen LogP contribution in [0.25, 0.3) is 0 Å². The highest BCUT2D eigenvalue weighted by Gasteiger charge is 2.15. The Morgan fingerprint density at radius 3 is 2.81 bits per heavy atom. The molecule has 88 valence electrons. The minimum Gasteiger partial charge on any atom is -0.495 e. The Morgan fingerprint density at radius 2 is 2.12 bits per heavy atom. The average Bonchev–Trinajstić information content (AvgIpc) is 2.33. The van der Waals surface area contributed by atoms with Gasteiger partial charge in [0.25, 0.3) is 0 Å². The average molecular weight is 238 g/mol. The van der Waals surface area contributed by atoms with Crippen LogP contribution in [0.2, 0.25) is 0 Å². The number of hydrogen-bond donors (Lipinski definition) is 2. The van der Waals surface area contributed by atoms with Crippen molar-refractivity contribution in [3.05, 3.63) is 18.2 Å². The molecule has 0 unspecified atom stereocenters. The molecule has 0 saturated carbocycles. The molecule has 1 fully saturated rings. The Hall–Kier alpha value is -1.03. The number of benzene rings is 1. The predicted molar refractivity (Wildman–Crippen MR) is 71.4 cm³/mol. The van der Waals surface area contributed by atoms with Crippen LogP contribution >= 0.6 is 11.8 Å². The van der Waals surface area contributed by atoms with Crippen LogP contribution in [0.3, 0.4) is 0 Å². The third-order valence-corrected chi connectivity index (χ3v) is 3.92. The molecule has 0 radical (unpaired) electrons. The van der Waals surface area contributed by atoms with Crippen LogP contribution in [0.5, 0.6) is 5.75 Å². The van der Waals surface area contributed by atoms with E-state index in [0.29, 0.717) is 11.7 Å². The van der Waals surface area contributed by atoms with Crippen LogP contribution in [-0.4, -0.2) is 24.7 Å². The van der Waals surface area contributed by atoms with E-state index >= 15 is 0 Å². The smallest absolute Gasteiger partial charge is 0.143 e. The van der Waals surface area contributed by atoms with Gasteiger partial charge < -0.3 is 15.8 Å². The monoisotopic (exact) mass is 238 g/mol. The summed E-state index contributed by atoms with van der Waals surface area (Å²) in [6.45, 7) is 0. The van der Waals surface area contributed by atoms with Gasteiger partial charge in [-0.2, -0.15) is 11.8 Å². The van der Waals surface area contributed by atoms with Gasteiger partial charge in [-0.3, -0.25) is 0 Å². The number of nitrogens with one attached hydrogen (secondary N) is 1. The number of methoxy groups -OCH3 is 1. The van der Waals surface area contributed by atoms with Crippen molar-refractivity contribution in [3.8, 4) is 5.75 Å². The van der Waals surface area contributed by atoms with Crippen molar-refractivity contribution < 1.29 is 4.74 Å². The van der Waals surface area contributed by atoms with Gasteiger partial charge in [0, 0.05) is 6.04 Å². The molecule has 3 N–H and O–H groups in total. The van der Waals surface area contributed by atoms with E-state index in [0.717, 1.165) is 11.4 Å². The largest absolute Gasteiger partial charge is 0.495 e. The molecule has 1 heterocycles. The molecule has 0 spiro atoms. The number of hydrogen-bond acceptors (Lipinski definition) is 4. The van der Waals surface area contributed by atoms with Gasteiger partial charge in [0.1, 0.15) is 5.75 Å². The van der Waals surface area contributed by atoms with E-state index in [-0.39, 0.29) is 0 Å². The molecule has 1 aromatic rings. The second-order valence-electron chi connectivity index (χ2n) is 3.95. The van der Waals surface area contributed by atoms with Gasteiger partial charge in [0.05, 0.1) is 18.5 Å². The van der Waals surface area contributed by atoms with Gasteiger partial charge in [-0.1, -0.05) is 6.07 Å². The van der Waals surface area contributed by atoms with Crippen molar-refractivity contribution in [3.63, 3.8) is 0 Å². The molecule has 1 aliphatic heterocycles. The van der Waals surface area contributed by atoms with E-state index in [1.165, 1.54) is 24.3 Å². The zero-order valence-electron chi connectivity index (χ0n) is 9.53. The van der Waals surface area contributed by atoms with Crippen LogP contribution in [0, 0.1) is 0 Å². The third kappa shape index (κ3) is 2.55. The van der Waals surface area contributed by atoms with Gasteiger partial charge in [0.2, 0.25) is 0 Å². The highest BCUT2D eigenvalue weighted by molar-refractivity contribution is 7.99. The Bertz CT molecular complexity index is 351. The molecular weight excluding hydrogens is 220 g/mol. The second kappa shape index (κ2) is 5.34. The molecule has 1 aromatic carbocycles. The minimum absolute atomic E-state index is 0.552. The predicted octanol–water partition coefficient (Wildman–Crippen LogP) is 2.58. The standard InChI is InChI=1S/C12H18N2OS/c1-15-11-4-2-3-10(12(11)13)14-9-5-7-16-8-6-9/h2-4,9,14H,5-8,13H2,1H3. The Kier molecular flexibility index (Phi) is 3.83. The fourth-order valence-electron chi connectivity index (χ4n) is 1.91. The summed E-state index contributed by atoms with van der Waals surface area (Å²) in [4.78, 5) is 0. The van der Waals surface area contributed by atoms with Crippen molar-refractivity contribution in [1.29, 1.82) is 0 Å². The summed E-state index contributed by atoms with van der Waals surface area (Å²) in [6.07, 6.45) is 2.42. The van der Waals surface area contributed by atoms with E-state index in [4.69, 9.17) is 10.5 Å². The van der Waals surface area contributed by atoms with Crippen LogP contribution in [0.1, 0.15) is 12.8 Å². The maximum Gasteiger partial charge on any atom is 0.143 e. The lowest BCUT2D eigenvalue weighted by atomic mass is 10.1.